The smallest absolute Gasteiger partial charge is 0.328 e. The zero-order valence-corrected chi connectivity index (χ0v) is 26.6. The summed E-state index contributed by atoms with van der Waals surface area (Å²) < 4.78 is 0. The molecule has 2 atom stereocenters. The summed E-state index contributed by atoms with van der Waals surface area (Å²) in [6.45, 7) is 3.98. The molecule has 4 N–H and O–H groups in total. The Morgan fingerprint density at radius 1 is 0.830 bits per heavy atom. The van der Waals surface area contributed by atoms with Crippen molar-refractivity contribution in [3.63, 3.8) is 0 Å². The first kappa shape index (κ1) is 33.2. The average Bonchev–Trinajstić information content (AvgIpc) is 3.61. The summed E-state index contributed by atoms with van der Waals surface area (Å²) in [6.07, 6.45) is 2.43. The molecule has 6 amide bonds. The molecule has 3 aromatic rings. The Morgan fingerprint density at radius 2 is 1.40 bits per heavy atom. The topological polar surface area (TPSA) is 148 Å². The minimum absolute atomic E-state index is 0.0336. The zero-order chi connectivity index (χ0) is 33.6. The molecular formula is C36H41N5O6. The molecule has 3 aromatic carbocycles. The first-order valence-electron chi connectivity index (χ1n) is 16.0. The number of carboxylic acids is 1. The van der Waals surface area contributed by atoms with E-state index in [0.29, 0.717) is 29.8 Å². The van der Waals surface area contributed by atoms with Crippen LogP contribution in [0.4, 0.5) is 21.0 Å². The second kappa shape index (κ2) is 14.5. The number of amides is 6. The standard InChI is InChI=1S/C36H41N5O6/c1-24(2)21-30(32(44)39-29(22-31(42)43)26-11-5-3-6-12-26)41-33(45)36(19-9-10-20-36)40(35(41)47)23-25-15-17-28(18-16-25)38-34(46)37-27-13-7-4-8-14-27/h3-8,11-18,24,29-30H,9-10,19-23H2,1-2H3,(H,39,44)(H,42,43)(H2,37,38,46)/t29-,30?/m0/s1. The molecule has 11 heteroatoms. The number of imide groups is 1. The number of carboxylic acid groups (broad SMARTS) is 1. The van der Waals surface area contributed by atoms with Crippen LogP contribution in [0.5, 0.6) is 0 Å². The molecular weight excluding hydrogens is 598 g/mol. The molecule has 47 heavy (non-hydrogen) atoms. The summed E-state index contributed by atoms with van der Waals surface area (Å²) in [7, 11) is 0. The monoisotopic (exact) mass is 639 g/mol. The largest absolute Gasteiger partial charge is 0.481 e. The van der Waals surface area contributed by atoms with Crippen molar-refractivity contribution in [3.8, 4) is 0 Å². The lowest BCUT2D eigenvalue weighted by Crippen LogP contribution is -2.52. The van der Waals surface area contributed by atoms with Crippen molar-refractivity contribution in [1.29, 1.82) is 0 Å². The second-order valence-electron chi connectivity index (χ2n) is 12.6. The van der Waals surface area contributed by atoms with E-state index in [9.17, 15) is 29.1 Å². The predicted molar refractivity (Wildman–Crippen MR) is 177 cm³/mol. The Bertz CT molecular complexity index is 1590. The molecule has 246 valence electrons. The van der Waals surface area contributed by atoms with Crippen LogP contribution in [0.3, 0.4) is 0 Å². The molecule has 1 spiro atoms. The normalized spacial score (nSPS) is 16.7. The minimum Gasteiger partial charge on any atom is -0.481 e. The third-order valence-corrected chi connectivity index (χ3v) is 8.79. The van der Waals surface area contributed by atoms with Crippen LogP contribution in [-0.2, 0) is 20.9 Å². The van der Waals surface area contributed by atoms with Crippen molar-refractivity contribution < 1.29 is 29.1 Å². The van der Waals surface area contributed by atoms with Gasteiger partial charge in [0.25, 0.3) is 5.91 Å². The fourth-order valence-electron chi connectivity index (χ4n) is 6.52. The minimum atomic E-state index is -1.10. The first-order chi connectivity index (χ1) is 22.6. The molecule has 1 unspecified atom stereocenters. The Hall–Kier alpha value is -5.19. The van der Waals surface area contributed by atoms with Crippen LogP contribution in [0.2, 0.25) is 0 Å². The quantitative estimate of drug-likeness (QED) is 0.175. The number of rotatable bonds is 12. The van der Waals surface area contributed by atoms with E-state index in [0.717, 1.165) is 23.3 Å². The van der Waals surface area contributed by atoms with E-state index in [1.807, 2.05) is 32.0 Å². The summed E-state index contributed by atoms with van der Waals surface area (Å²) in [5.41, 5.74) is 1.55. The van der Waals surface area contributed by atoms with Gasteiger partial charge >= 0.3 is 18.0 Å². The number of hydrogen-bond donors (Lipinski definition) is 4. The molecule has 0 aromatic heterocycles. The highest BCUT2D eigenvalue weighted by molar-refractivity contribution is 6.10. The van der Waals surface area contributed by atoms with Crippen LogP contribution < -0.4 is 16.0 Å². The zero-order valence-electron chi connectivity index (χ0n) is 26.6. The molecule has 1 saturated carbocycles. The van der Waals surface area contributed by atoms with Crippen LogP contribution >= 0.6 is 0 Å². The molecule has 2 fully saturated rings. The Kier molecular flexibility index (Phi) is 10.2. The van der Waals surface area contributed by atoms with Crippen molar-refractivity contribution in [2.75, 3.05) is 10.6 Å². The fraction of sp³-hybridized carbons (Fsp3) is 0.361. The van der Waals surface area contributed by atoms with Gasteiger partial charge in [0.2, 0.25) is 5.91 Å². The summed E-state index contributed by atoms with van der Waals surface area (Å²) in [5.74, 6) is -2.06. The van der Waals surface area contributed by atoms with E-state index >= 15 is 0 Å². The van der Waals surface area contributed by atoms with E-state index in [2.05, 4.69) is 16.0 Å². The van der Waals surface area contributed by atoms with Crippen molar-refractivity contribution in [2.24, 2.45) is 5.92 Å². The van der Waals surface area contributed by atoms with Crippen LogP contribution in [0, 0.1) is 5.92 Å². The number of benzene rings is 3. The highest BCUT2D eigenvalue weighted by Crippen LogP contribution is 2.44. The number of nitrogens with zero attached hydrogens (tertiary/aromatic N) is 2. The van der Waals surface area contributed by atoms with Crippen molar-refractivity contribution in [2.45, 2.75) is 76.5 Å². The van der Waals surface area contributed by atoms with Gasteiger partial charge in [-0.05, 0) is 60.6 Å². The molecule has 5 rings (SSSR count). The highest BCUT2D eigenvalue weighted by Gasteiger charge is 2.60. The number of para-hydroxylation sites is 1. The van der Waals surface area contributed by atoms with Gasteiger partial charge in [-0.3, -0.25) is 14.4 Å². The van der Waals surface area contributed by atoms with Crippen molar-refractivity contribution in [3.05, 3.63) is 96.1 Å². The number of aliphatic carboxylic acids is 1. The molecule has 1 heterocycles. The fourth-order valence-corrected chi connectivity index (χ4v) is 6.52. The predicted octanol–water partition coefficient (Wildman–Crippen LogP) is 6.15. The maximum absolute atomic E-state index is 14.3. The van der Waals surface area contributed by atoms with E-state index in [-0.39, 0.29) is 31.2 Å². The van der Waals surface area contributed by atoms with Crippen LogP contribution in [0.25, 0.3) is 0 Å². The summed E-state index contributed by atoms with van der Waals surface area (Å²) in [6, 6.07) is 22.1. The molecule has 1 aliphatic heterocycles. The lowest BCUT2D eigenvalue weighted by Gasteiger charge is -2.31. The van der Waals surface area contributed by atoms with Gasteiger partial charge in [0.05, 0.1) is 12.5 Å². The van der Waals surface area contributed by atoms with E-state index < -0.39 is 41.6 Å². The number of anilines is 2. The number of carbonyl (C=O) groups is 5. The molecule has 0 bridgehead atoms. The molecule has 2 aliphatic rings. The SMILES string of the molecule is CC(C)CC(C(=O)N[C@@H](CC(=O)O)c1ccccc1)N1C(=O)N(Cc2ccc(NC(=O)Nc3ccccc3)cc2)C2(CCCC2)C1=O. The van der Waals surface area contributed by atoms with E-state index in [4.69, 9.17) is 0 Å². The summed E-state index contributed by atoms with van der Waals surface area (Å²) >= 11 is 0. The third-order valence-electron chi connectivity index (χ3n) is 8.79. The van der Waals surface area contributed by atoms with Gasteiger partial charge < -0.3 is 26.0 Å². The maximum atomic E-state index is 14.3. The van der Waals surface area contributed by atoms with Gasteiger partial charge in [-0.25, -0.2) is 14.5 Å². The van der Waals surface area contributed by atoms with Crippen LogP contribution in [-0.4, -0.2) is 56.3 Å². The lowest BCUT2D eigenvalue weighted by molar-refractivity contribution is -0.141. The van der Waals surface area contributed by atoms with Gasteiger partial charge in [0.1, 0.15) is 11.6 Å². The van der Waals surface area contributed by atoms with Gasteiger partial charge in [0, 0.05) is 17.9 Å². The van der Waals surface area contributed by atoms with Gasteiger partial charge in [0.15, 0.2) is 0 Å². The Balaban J connectivity index is 1.35. The van der Waals surface area contributed by atoms with Crippen molar-refractivity contribution in [1.82, 2.24) is 15.1 Å². The van der Waals surface area contributed by atoms with Crippen LogP contribution in [0.1, 0.15) is 69.5 Å². The number of carbonyl (C=O) groups excluding carboxylic acids is 4. The molecule has 11 nitrogen and oxygen atoms in total. The molecule has 1 aliphatic carbocycles. The van der Waals surface area contributed by atoms with Gasteiger partial charge in [-0.1, -0.05) is 87.4 Å². The number of urea groups is 2. The number of nitrogens with one attached hydrogen (secondary N) is 3. The van der Waals surface area contributed by atoms with E-state index in [1.54, 1.807) is 71.6 Å². The third kappa shape index (κ3) is 7.62. The molecule has 0 radical (unpaired) electrons. The average molecular weight is 640 g/mol. The Morgan fingerprint density at radius 3 is 1.98 bits per heavy atom. The lowest BCUT2D eigenvalue weighted by atomic mass is 9.93. The van der Waals surface area contributed by atoms with Crippen LogP contribution in [0.15, 0.2) is 84.9 Å². The van der Waals surface area contributed by atoms with Crippen molar-refractivity contribution >= 4 is 41.2 Å². The van der Waals surface area contributed by atoms with Gasteiger partial charge in [-0.15, -0.1) is 0 Å². The van der Waals surface area contributed by atoms with Gasteiger partial charge in [-0.2, -0.15) is 0 Å². The highest BCUT2D eigenvalue weighted by atomic mass is 16.4. The maximum Gasteiger partial charge on any atom is 0.328 e. The summed E-state index contributed by atoms with van der Waals surface area (Å²) in [4.78, 5) is 69.3. The Labute approximate surface area is 274 Å². The molecule has 1 saturated heterocycles. The summed E-state index contributed by atoms with van der Waals surface area (Å²) in [5, 5.41) is 18.0. The number of hydrogen-bond acceptors (Lipinski definition) is 5. The van der Waals surface area contributed by atoms with E-state index in [1.165, 1.54) is 0 Å². The second-order valence-corrected chi connectivity index (χ2v) is 12.6. The first-order valence-corrected chi connectivity index (χ1v) is 16.0.